The maximum atomic E-state index is 8.24. The number of hydrogen-bond acceptors (Lipinski definition) is 4. The summed E-state index contributed by atoms with van der Waals surface area (Å²) in [5.74, 6) is 0. The van der Waals surface area contributed by atoms with E-state index < -0.39 is 0 Å². The van der Waals surface area contributed by atoms with Crippen molar-refractivity contribution in [3.63, 3.8) is 0 Å². The van der Waals surface area contributed by atoms with Crippen LogP contribution in [-0.4, -0.2) is 54.1 Å². The molecule has 1 aliphatic heterocycles. The fraction of sp³-hybridized carbons (Fsp3) is 0.700. The SMILES string of the molecule is CO[C@H]1CN(CCN=[N+]=[N-])C[C@H]1n1cccn1. The summed E-state index contributed by atoms with van der Waals surface area (Å²) in [6.45, 7) is 2.99. The Bertz CT molecular complexity index is 386. The van der Waals surface area contributed by atoms with Crippen molar-refractivity contribution in [2.75, 3.05) is 33.3 Å². The van der Waals surface area contributed by atoms with Crippen LogP contribution in [0.5, 0.6) is 0 Å². The Morgan fingerprint density at radius 3 is 3.12 bits per heavy atom. The molecule has 17 heavy (non-hydrogen) atoms. The van der Waals surface area contributed by atoms with E-state index >= 15 is 0 Å². The van der Waals surface area contributed by atoms with Crippen molar-refractivity contribution < 1.29 is 4.74 Å². The highest BCUT2D eigenvalue weighted by atomic mass is 16.5. The maximum absolute atomic E-state index is 8.24. The van der Waals surface area contributed by atoms with Gasteiger partial charge >= 0.3 is 0 Å². The molecule has 2 rings (SSSR count). The zero-order chi connectivity index (χ0) is 12.1. The first-order valence-corrected chi connectivity index (χ1v) is 5.60. The molecule has 0 radical (unpaired) electrons. The van der Waals surface area contributed by atoms with Crippen molar-refractivity contribution in [2.45, 2.75) is 12.1 Å². The molecule has 7 heteroatoms. The molecule has 0 spiro atoms. The van der Waals surface area contributed by atoms with Gasteiger partial charge in [-0.2, -0.15) is 5.10 Å². The molecule has 92 valence electrons. The lowest BCUT2D eigenvalue weighted by molar-refractivity contribution is 0.0783. The van der Waals surface area contributed by atoms with Crippen LogP contribution in [0, 0.1) is 0 Å². The second kappa shape index (κ2) is 5.67. The Morgan fingerprint density at radius 1 is 1.59 bits per heavy atom. The Kier molecular flexibility index (Phi) is 3.98. The number of rotatable bonds is 5. The highest BCUT2D eigenvalue weighted by molar-refractivity contribution is 4.92. The zero-order valence-electron chi connectivity index (χ0n) is 9.81. The lowest BCUT2D eigenvalue weighted by atomic mass is 10.2. The van der Waals surface area contributed by atoms with Gasteiger partial charge in [0.25, 0.3) is 0 Å². The summed E-state index contributed by atoms with van der Waals surface area (Å²) in [4.78, 5) is 4.99. The van der Waals surface area contributed by atoms with E-state index in [4.69, 9.17) is 10.3 Å². The minimum atomic E-state index is 0.140. The standard InChI is InChI=1S/C10H16N6O/c1-17-10-8-15(6-4-12-14-11)7-9(10)16-5-2-3-13-16/h2-3,5,9-10H,4,6-8H2,1H3/t9-,10+/m1/s1. The highest BCUT2D eigenvalue weighted by Gasteiger charge is 2.33. The van der Waals surface area contributed by atoms with Crippen molar-refractivity contribution in [2.24, 2.45) is 5.11 Å². The van der Waals surface area contributed by atoms with Gasteiger partial charge in [0, 0.05) is 50.6 Å². The predicted molar refractivity (Wildman–Crippen MR) is 62.5 cm³/mol. The minimum Gasteiger partial charge on any atom is -0.378 e. The van der Waals surface area contributed by atoms with Crippen LogP contribution in [0.2, 0.25) is 0 Å². The molecule has 0 aliphatic carbocycles. The number of methoxy groups -OCH3 is 1. The average molecular weight is 236 g/mol. The van der Waals surface area contributed by atoms with Gasteiger partial charge in [-0.3, -0.25) is 9.58 Å². The van der Waals surface area contributed by atoms with Crippen LogP contribution in [0.15, 0.2) is 23.6 Å². The molecule has 1 aromatic rings. The van der Waals surface area contributed by atoms with Crippen molar-refractivity contribution in [3.05, 3.63) is 28.9 Å². The van der Waals surface area contributed by atoms with Crippen LogP contribution in [0.3, 0.4) is 0 Å². The lowest BCUT2D eigenvalue weighted by Crippen LogP contribution is -2.25. The van der Waals surface area contributed by atoms with Crippen molar-refractivity contribution in [1.82, 2.24) is 14.7 Å². The first kappa shape index (κ1) is 11.9. The highest BCUT2D eigenvalue weighted by Crippen LogP contribution is 2.23. The van der Waals surface area contributed by atoms with E-state index in [0.29, 0.717) is 6.54 Å². The fourth-order valence-electron chi connectivity index (χ4n) is 2.21. The van der Waals surface area contributed by atoms with E-state index in [1.807, 2.05) is 16.9 Å². The summed E-state index contributed by atoms with van der Waals surface area (Å²) >= 11 is 0. The number of azide groups is 1. The van der Waals surface area contributed by atoms with Gasteiger partial charge in [0.05, 0.1) is 12.1 Å². The van der Waals surface area contributed by atoms with Crippen molar-refractivity contribution in [3.8, 4) is 0 Å². The molecule has 1 fully saturated rings. The largest absolute Gasteiger partial charge is 0.378 e. The quantitative estimate of drug-likeness (QED) is 0.435. The van der Waals surface area contributed by atoms with Gasteiger partial charge in [0.15, 0.2) is 0 Å². The van der Waals surface area contributed by atoms with E-state index in [9.17, 15) is 0 Å². The summed E-state index contributed by atoms with van der Waals surface area (Å²) in [6, 6.07) is 2.15. The molecule has 0 bridgehead atoms. The van der Waals surface area contributed by atoms with Crippen LogP contribution in [0.4, 0.5) is 0 Å². The average Bonchev–Trinajstić information content (AvgIpc) is 2.97. The van der Waals surface area contributed by atoms with E-state index in [1.165, 1.54) is 0 Å². The normalized spacial score (nSPS) is 24.8. The molecular formula is C10H16N6O. The molecular weight excluding hydrogens is 220 g/mol. The Morgan fingerprint density at radius 2 is 2.47 bits per heavy atom. The van der Waals surface area contributed by atoms with Gasteiger partial charge in [-0.15, -0.1) is 0 Å². The minimum absolute atomic E-state index is 0.140. The van der Waals surface area contributed by atoms with Gasteiger partial charge in [-0.05, 0) is 11.6 Å². The molecule has 7 nitrogen and oxygen atoms in total. The number of ether oxygens (including phenoxy) is 1. The summed E-state index contributed by atoms with van der Waals surface area (Å²) in [7, 11) is 1.72. The first-order valence-electron chi connectivity index (χ1n) is 5.60. The fourth-order valence-corrected chi connectivity index (χ4v) is 2.21. The predicted octanol–water partition coefficient (Wildman–Crippen LogP) is 1.07. The van der Waals surface area contributed by atoms with Crippen LogP contribution >= 0.6 is 0 Å². The molecule has 0 amide bonds. The van der Waals surface area contributed by atoms with Crippen LogP contribution in [0.1, 0.15) is 6.04 Å². The summed E-state index contributed by atoms with van der Waals surface area (Å²) in [5.41, 5.74) is 8.24. The molecule has 0 unspecified atom stereocenters. The molecule has 0 saturated carbocycles. The second-order valence-corrected chi connectivity index (χ2v) is 4.04. The second-order valence-electron chi connectivity index (χ2n) is 4.04. The first-order chi connectivity index (χ1) is 8.35. The van der Waals surface area contributed by atoms with Gasteiger partial charge in [-0.25, -0.2) is 0 Å². The summed E-state index contributed by atoms with van der Waals surface area (Å²) in [6.07, 6.45) is 3.86. The van der Waals surface area contributed by atoms with Crippen LogP contribution in [-0.2, 0) is 4.74 Å². The molecule has 1 aromatic heterocycles. The van der Waals surface area contributed by atoms with E-state index in [1.54, 1.807) is 13.3 Å². The third-order valence-corrected chi connectivity index (χ3v) is 3.06. The van der Waals surface area contributed by atoms with Gasteiger partial charge < -0.3 is 4.74 Å². The van der Waals surface area contributed by atoms with E-state index in [2.05, 4.69) is 20.0 Å². The molecule has 0 aromatic carbocycles. The van der Waals surface area contributed by atoms with Gasteiger partial charge in [0.2, 0.25) is 0 Å². The smallest absolute Gasteiger partial charge is 0.0934 e. The number of likely N-dealkylation sites (tertiary alicyclic amines) is 1. The number of aromatic nitrogens is 2. The third kappa shape index (κ3) is 2.76. The molecule has 1 saturated heterocycles. The molecule has 1 aliphatic rings. The summed E-state index contributed by atoms with van der Waals surface area (Å²) < 4.78 is 7.41. The molecule has 0 N–H and O–H groups in total. The van der Waals surface area contributed by atoms with Gasteiger partial charge in [0.1, 0.15) is 0 Å². The lowest BCUT2D eigenvalue weighted by Gasteiger charge is -2.16. The Balaban J connectivity index is 1.96. The van der Waals surface area contributed by atoms with Crippen LogP contribution < -0.4 is 0 Å². The Labute approximate surface area is 99.6 Å². The monoisotopic (exact) mass is 236 g/mol. The van der Waals surface area contributed by atoms with E-state index in [0.717, 1.165) is 19.6 Å². The number of nitrogens with zero attached hydrogens (tertiary/aromatic N) is 6. The molecule has 2 heterocycles. The maximum Gasteiger partial charge on any atom is 0.0934 e. The van der Waals surface area contributed by atoms with Gasteiger partial charge in [-0.1, -0.05) is 5.11 Å². The van der Waals surface area contributed by atoms with Crippen molar-refractivity contribution in [1.29, 1.82) is 0 Å². The Hall–Kier alpha value is -1.56. The summed E-state index contributed by atoms with van der Waals surface area (Å²) in [5, 5.41) is 7.80. The van der Waals surface area contributed by atoms with Crippen molar-refractivity contribution >= 4 is 0 Å². The third-order valence-electron chi connectivity index (χ3n) is 3.06. The number of hydrogen-bond donors (Lipinski definition) is 0. The molecule has 2 atom stereocenters. The zero-order valence-corrected chi connectivity index (χ0v) is 9.81. The van der Waals surface area contributed by atoms with E-state index in [-0.39, 0.29) is 12.1 Å². The topological polar surface area (TPSA) is 79.0 Å². The van der Waals surface area contributed by atoms with Crippen LogP contribution in [0.25, 0.3) is 10.4 Å².